The van der Waals surface area contributed by atoms with Crippen LogP contribution in [0.5, 0.6) is 5.75 Å². The minimum Gasteiger partial charge on any atom is -0.422 e. The highest BCUT2D eigenvalue weighted by Gasteiger charge is 2.12. The molecule has 2 N–H and O–H groups in total. The molecule has 0 aliphatic heterocycles. The molecule has 3 aromatic carbocycles. The van der Waals surface area contributed by atoms with Gasteiger partial charge in [-0.05, 0) is 48.5 Å². The van der Waals surface area contributed by atoms with Gasteiger partial charge in [-0.1, -0.05) is 51.8 Å². The standard InChI is InChI=1S/C23H17BrClN3O4/c24-18-9-10-20(32-23(31)15-5-2-1-3-6-15)17(11-18)13-27-28-21(29)14-26-22(30)16-7-4-8-19(25)12-16/h1-13H,14H2,(H,26,30)(H,28,29)/b27-13-. The molecule has 32 heavy (non-hydrogen) atoms. The van der Waals surface area contributed by atoms with Gasteiger partial charge in [-0.15, -0.1) is 0 Å². The Morgan fingerprint density at radius 2 is 1.72 bits per heavy atom. The highest BCUT2D eigenvalue weighted by molar-refractivity contribution is 9.10. The fourth-order valence-corrected chi connectivity index (χ4v) is 3.12. The lowest BCUT2D eigenvalue weighted by molar-refractivity contribution is -0.120. The minimum absolute atomic E-state index is 0.273. The third-order valence-corrected chi connectivity index (χ3v) is 4.80. The topological polar surface area (TPSA) is 96.9 Å². The summed E-state index contributed by atoms with van der Waals surface area (Å²) in [5.41, 5.74) is 3.52. The van der Waals surface area contributed by atoms with Crippen molar-refractivity contribution in [2.45, 2.75) is 0 Å². The normalized spacial score (nSPS) is 10.6. The molecule has 162 valence electrons. The van der Waals surface area contributed by atoms with Gasteiger partial charge in [-0.2, -0.15) is 5.10 Å². The molecule has 0 saturated carbocycles. The van der Waals surface area contributed by atoms with E-state index in [-0.39, 0.29) is 12.3 Å². The molecule has 0 saturated heterocycles. The van der Waals surface area contributed by atoms with E-state index in [1.165, 1.54) is 12.3 Å². The summed E-state index contributed by atoms with van der Waals surface area (Å²) in [4.78, 5) is 36.4. The van der Waals surface area contributed by atoms with E-state index in [2.05, 4.69) is 31.8 Å². The van der Waals surface area contributed by atoms with Gasteiger partial charge in [0.2, 0.25) is 0 Å². The number of amides is 2. The van der Waals surface area contributed by atoms with Gasteiger partial charge in [0.05, 0.1) is 18.3 Å². The first-order valence-corrected chi connectivity index (χ1v) is 10.5. The van der Waals surface area contributed by atoms with Crippen LogP contribution in [0.25, 0.3) is 0 Å². The number of esters is 1. The number of benzene rings is 3. The fraction of sp³-hybridized carbons (Fsp3) is 0.0435. The number of hydrazone groups is 1. The van der Waals surface area contributed by atoms with E-state index in [0.29, 0.717) is 21.7 Å². The van der Waals surface area contributed by atoms with Gasteiger partial charge in [0, 0.05) is 20.6 Å². The molecule has 0 unspecified atom stereocenters. The average molecular weight is 515 g/mol. The maximum Gasteiger partial charge on any atom is 0.343 e. The van der Waals surface area contributed by atoms with Gasteiger partial charge in [0.15, 0.2) is 0 Å². The summed E-state index contributed by atoms with van der Waals surface area (Å²) in [6.45, 7) is -0.281. The molecule has 0 spiro atoms. The van der Waals surface area contributed by atoms with Crippen LogP contribution in [0.1, 0.15) is 26.3 Å². The Balaban J connectivity index is 1.58. The first-order valence-electron chi connectivity index (χ1n) is 9.35. The number of halogens is 2. The van der Waals surface area contributed by atoms with Crippen LogP contribution >= 0.6 is 27.5 Å². The van der Waals surface area contributed by atoms with E-state index in [0.717, 1.165) is 4.47 Å². The van der Waals surface area contributed by atoms with E-state index < -0.39 is 17.8 Å². The number of ether oxygens (including phenoxy) is 1. The first-order chi connectivity index (χ1) is 15.4. The molecule has 0 bridgehead atoms. The second-order valence-corrected chi connectivity index (χ2v) is 7.78. The first kappa shape index (κ1) is 23.2. The van der Waals surface area contributed by atoms with Crippen LogP contribution < -0.4 is 15.5 Å². The largest absolute Gasteiger partial charge is 0.422 e. The van der Waals surface area contributed by atoms with E-state index in [4.69, 9.17) is 16.3 Å². The van der Waals surface area contributed by atoms with Crippen molar-refractivity contribution in [3.05, 3.63) is 99.0 Å². The van der Waals surface area contributed by atoms with Crippen molar-refractivity contribution in [3.63, 3.8) is 0 Å². The second kappa shape index (κ2) is 11.2. The molecule has 3 aromatic rings. The van der Waals surface area contributed by atoms with Crippen molar-refractivity contribution in [2.75, 3.05) is 6.54 Å². The van der Waals surface area contributed by atoms with Crippen LogP contribution in [0.15, 0.2) is 82.4 Å². The zero-order chi connectivity index (χ0) is 22.9. The quantitative estimate of drug-likeness (QED) is 0.214. The summed E-state index contributed by atoms with van der Waals surface area (Å²) in [6, 6.07) is 19.9. The Morgan fingerprint density at radius 1 is 0.969 bits per heavy atom. The summed E-state index contributed by atoms with van der Waals surface area (Å²) in [5.74, 6) is -1.21. The number of nitrogens with one attached hydrogen (secondary N) is 2. The van der Waals surface area contributed by atoms with Crippen molar-refractivity contribution in [1.82, 2.24) is 10.7 Å². The zero-order valence-corrected chi connectivity index (χ0v) is 18.9. The summed E-state index contributed by atoms with van der Waals surface area (Å²) < 4.78 is 6.18. The number of rotatable bonds is 7. The Labute approximate surface area is 197 Å². The summed E-state index contributed by atoms with van der Waals surface area (Å²) in [7, 11) is 0. The number of hydrogen-bond acceptors (Lipinski definition) is 5. The summed E-state index contributed by atoms with van der Waals surface area (Å²) in [6.07, 6.45) is 1.34. The SMILES string of the molecule is O=C(CNC(=O)c1cccc(Cl)c1)N/N=C\c1cc(Br)ccc1OC(=O)c1ccccc1. The summed E-state index contributed by atoms with van der Waals surface area (Å²) >= 11 is 9.21. The second-order valence-electron chi connectivity index (χ2n) is 6.42. The molecule has 3 rings (SSSR count). The number of hydrogen-bond donors (Lipinski definition) is 2. The van der Waals surface area contributed by atoms with E-state index >= 15 is 0 Å². The van der Waals surface area contributed by atoms with Crippen LogP contribution in [-0.2, 0) is 4.79 Å². The van der Waals surface area contributed by atoms with Crippen molar-refractivity contribution in [2.24, 2.45) is 5.10 Å². The zero-order valence-electron chi connectivity index (χ0n) is 16.5. The molecule has 0 aromatic heterocycles. The predicted molar refractivity (Wildman–Crippen MR) is 125 cm³/mol. The minimum atomic E-state index is -0.533. The van der Waals surface area contributed by atoms with Crippen molar-refractivity contribution >= 4 is 51.5 Å². The van der Waals surface area contributed by atoms with Crippen LogP contribution in [0.2, 0.25) is 5.02 Å². The molecule has 2 amide bonds. The molecule has 0 atom stereocenters. The Morgan fingerprint density at radius 3 is 2.47 bits per heavy atom. The smallest absolute Gasteiger partial charge is 0.343 e. The average Bonchev–Trinajstić information content (AvgIpc) is 2.79. The lowest BCUT2D eigenvalue weighted by atomic mass is 10.2. The van der Waals surface area contributed by atoms with E-state index in [1.807, 2.05) is 0 Å². The van der Waals surface area contributed by atoms with Gasteiger partial charge in [0.1, 0.15) is 5.75 Å². The lowest BCUT2D eigenvalue weighted by Crippen LogP contribution is -2.34. The van der Waals surface area contributed by atoms with E-state index in [1.54, 1.807) is 66.7 Å². The fourth-order valence-electron chi connectivity index (χ4n) is 2.55. The molecule has 7 nitrogen and oxygen atoms in total. The maximum atomic E-state index is 12.3. The van der Waals surface area contributed by atoms with Crippen molar-refractivity contribution < 1.29 is 19.1 Å². The van der Waals surface area contributed by atoms with Crippen LogP contribution in [0, 0.1) is 0 Å². The van der Waals surface area contributed by atoms with Crippen LogP contribution in [0.3, 0.4) is 0 Å². The molecule has 0 heterocycles. The maximum absolute atomic E-state index is 12.3. The molecule has 0 aliphatic rings. The molecular weight excluding hydrogens is 498 g/mol. The molecule has 9 heteroatoms. The molecule has 0 radical (unpaired) electrons. The van der Waals surface area contributed by atoms with Gasteiger partial charge in [-0.25, -0.2) is 10.2 Å². The van der Waals surface area contributed by atoms with Gasteiger partial charge < -0.3 is 10.1 Å². The van der Waals surface area contributed by atoms with Gasteiger partial charge in [0.25, 0.3) is 11.8 Å². The monoisotopic (exact) mass is 513 g/mol. The number of carbonyl (C=O) groups is 3. The predicted octanol–water partition coefficient (Wildman–Crippen LogP) is 4.20. The lowest BCUT2D eigenvalue weighted by Gasteiger charge is -2.08. The summed E-state index contributed by atoms with van der Waals surface area (Å²) in [5, 5.41) is 6.78. The van der Waals surface area contributed by atoms with Gasteiger partial charge >= 0.3 is 5.97 Å². The van der Waals surface area contributed by atoms with Crippen LogP contribution in [-0.4, -0.2) is 30.5 Å². The van der Waals surface area contributed by atoms with Crippen molar-refractivity contribution in [3.8, 4) is 5.75 Å². The third-order valence-electron chi connectivity index (χ3n) is 4.07. The molecule has 0 aliphatic carbocycles. The Kier molecular flexibility index (Phi) is 8.13. The van der Waals surface area contributed by atoms with E-state index in [9.17, 15) is 14.4 Å². The number of nitrogens with zero attached hydrogens (tertiary/aromatic N) is 1. The Hall–Kier alpha value is -3.49. The van der Waals surface area contributed by atoms with Crippen LogP contribution in [0.4, 0.5) is 0 Å². The third kappa shape index (κ3) is 6.76. The molecular formula is C23H17BrClN3O4. The van der Waals surface area contributed by atoms with Gasteiger partial charge in [-0.3, -0.25) is 9.59 Å². The Bertz CT molecular complexity index is 1170. The van der Waals surface area contributed by atoms with Crippen molar-refractivity contribution in [1.29, 1.82) is 0 Å². The highest BCUT2D eigenvalue weighted by Crippen LogP contribution is 2.23. The number of carbonyl (C=O) groups excluding carboxylic acids is 3. The molecule has 0 fully saturated rings. The highest BCUT2D eigenvalue weighted by atomic mass is 79.9.